The van der Waals surface area contributed by atoms with Gasteiger partial charge in [-0.3, -0.25) is 29.8 Å². The highest BCUT2D eigenvalue weighted by Gasteiger charge is 2.20. The zero-order valence-corrected chi connectivity index (χ0v) is 21.8. The minimum Gasteiger partial charge on any atom is -0.481 e. The number of aliphatic carboxylic acids is 1. The lowest BCUT2D eigenvalue weighted by Crippen LogP contribution is -2.50. The second-order valence-electron chi connectivity index (χ2n) is 9.22. The van der Waals surface area contributed by atoms with Gasteiger partial charge in [0.1, 0.15) is 6.04 Å². The number of hydrogen-bond acceptors (Lipinski definition) is 8. The quantitative estimate of drug-likeness (QED) is 0.0646. The summed E-state index contributed by atoms with van der Waals surface area (Å²) in [5, 5.41) is 26.2. The molecule has 0 aromatic heterocycles. The Kier molecular flexibility index (Phi) is 22.0. The van der Waals surface area contributed by atoms with Gasteiger partial charge in [-0.1, -0.05) is 51.4 Å². The summed E-state index contributed by atoms with van der Waals surface area (Å²) < 4.78 is 0. The molecule has 2 amide bonds. The lowest BCUT2D eigenvalue weighted by molar-refractivity contribution is -0.137. The Balaban J connectivity index is 3.72. The van der Waals surface area contributed by atoms with E-state index >= 15 is 0 Å². The van der Waals surface area contributed by atoms with Gasteiger partial charge in [-0.25, -0.2) is 0 Å². The molecule has 0 spiro atoms. The van der Waals surface area contributed by atoms with Crippen LogP contribution in [0.15, 0.2) is 0 Å². The molecule has 0 aliphatic rings. The van der Waals surface area contributed by atoms with E-state index in [1.807, 2.05) is 0 Å². The van der Waals surface area contributed by atoms with Crippen molar-refractivity contribution in [3.8, 4) is 0 Å². The van der Waals surface area contributed by atoms with Gasteiger partial charge in [0.05, 0.1) is 19.2 Å². The van der Waals surface area contributed by atoms with Gasteiger partial charge in [-0.05, 0) is 32.1 Å². The molecule has 36 heavy (non-hydrogen) atoms. The van der Waals surface area contributed by atoms with Crippen LogP contribution in [-0.2, 0) is 19.2 Å². The second-order valence-corrected chi connectivity index (χ2v) is 9.22. The van der Waals surface area contributed by atoms with E-state index < -0.39 is 30.6 Å². The van der Waals surface area contributed by atoms with Crippen molar-refractivity contribution >= 4 is 23.6 Å². The molecule has 9 N–H and O–H groups in total. The summed E-state index contributed by atoms with van der Waals surface area (Å²) in [5.41, 5.74) is 10.7. The lowest BCUT2D eigenvalue weighted by atomic mass is 10.0. The minimum atomic E-state index is -0.962. The molecule has 0 aliphatic carbocycles. The summed E-state index contributed by atoms with van der Waals surface area (Å²) in [5.74, 6) is -1.55. The third-order valence-electron chi connectivity index (χ3n) is 6.09. The number of carboxylic acid groups (broad SMARTS) is 1. The predicted molar refractivity (Wildman–Crippen MR) is 139 cm³/mol. The number of hydrogen-bond donors (Lipinski definition) is 7. The van der Waals surface area contributed by atoms with Gasteiger partial charge in [0, 0.05) is 26.1 Å². The Morgan fingerprint density at radius 2 is 1.28 bits per heavy atom. The standard InChI is InChI=1S/C25H49N5O6/c26-19-30-20(22(32)17-29-21(18-31)25(27)36)13-11-12-16-28-23(33)14-9-7-5-3-1-2-4-6-8-10-15-24(34)35/h20-21,29-31H,1-19,26H2,(H2,27,36)(H,28,33)(H,34,35)/t20-,21+/m1/s1. The smallest absolute Gasteiger partial charge is 0.303 e. The summed E-state index contributed by atoms with van der Waals surface area (Å²) in [6, 6.07) is -1.43. The van der Waals surface area contributed by atoms with Crippen LogP contribution in [0.1, 0.15) is 96.3 Å². The van der Waals surface area contributed by atoms with Crippen LogP contribution in [0.25, 0.3) is 0 Å². The van der Waals surface area contributed by atoms with E-state index in [9.17, 15) is 19.2 Å². The molecule has 0 heterocycles. The van der Waals surface area contributed by atoms with Gasteiger partial charge < -0.3 is 27.0 Å². The molecule has 210 valence electrons. The second kappa shape index (κ2) is 23.3. The SMILES string of the molecule is NCN[C@H](CCCCNC(=O)CCCCCCCCCCCCC(=O)O)C(=O)CN[C@@H](CO)C(N)=O. The zero-order chi connectivity index (χ0) is 27.0. The molecule has 0 aromatic carbocycles. The number of ketones is 1. The van der Waals surface area contributed by atoms with Crippen LogP contribution < -0.4 is 27.4 Å². The average molecular weight is 516 g/mol. The van der Waals surface area contributed by atoms with E-state index in [1.54, 1.807) is 0 Å². The van der Waals surface area contributed by atoms with E-state index in [1.165, 1.54) is 19.3 Å². The fraction of sp³-hybridized carbons (Fsp3) is 0.840. The molecule has 0 aromatic rings. The Morgan fingerprint density at radius 3 is 1.78 bits per heavy atom. The lowest BCUT2D eigenvalue weighted by Gasteiger charge is -2.18. The minimum absolute atomic E-state index is 0.0507. The number of carbonyl (C=O) groups excluding carboxylic acids is 3. The van der Waals surface area contributed by atoms with Crippen molar-refractivity contribution in [2.45, 2.75) is 108 Å². The highest BCUT2D eigenvalue weighted by Crippen LogP contribution is 2.12. The summed E-state index contributed by atoms with van der Waals surface area (Å²) in [4.78, 5) is 45.9. The Labute approximate surface area is 215 Å². The first-order valence-electron chi connectivity index (χ1n) is 13.4. The van der Waals surface area contributed by atoms with Crippen molar-refractivity contribution in [3.05, 3.63) is 0 Å². The topological polar surface area (TPSA) is 197 Å². The third-order valence-corrected chi connectivity index (χ3v) is 6.09. The average Bonchev–Trinajstić information content (AvgIpc) is 2.83. The zero-order valence-electron chi connectivity index (χ0n) is 21.8. The maximum Gasteiger partial charge on any atom is 0.303 e. The fourth-order valence-corrected chi connectivity index (χ4v) is 3.89. The molecule has 0 saturated carbocycles. The van der Waals surface area contributed by atoms with Crippen molar-refractivity contribution < 1.29 is 29.4 Å². The van der Waals surface area contributed by atoms with Crippen molar-refractivity contribution in [2.24, 2.45) is 11.5 Å². The molecule has 2 atom stereocenters. The molecule has 0 rings (SSSR count). The van der Waals surface area contributed by atoms with Crippen LogP contribution in [0.5, 0.6) is 0 Å². The molecule has 0 unspecified atom stereocenters. The normalized spacial score (nSPS) is 12.7. The third kappa shape index (κ3) is 20.1. The van der Waals surface area contributed by atoms with Gasteiger partial charge in [0.2, 0.25) is 11.8 Å². The predicted octanol–water partition coefficient (Wildman–Crippen LogP) is 0.918. The molecule has 0 bridgehead atoms. The number of aliphatic hydroxyl groups is 1. The van der Waals surface area contributed by atoms with Crippen LogP contribution in [0, 0.1) is 0 Å². The van der Waals surface area contributed by atoms with Crippen molar-refractivity contribution in [1.82, 2.24) is 16.0 Å². The molecule has 0 fully saturated rings. The van der Waals surface area contributed by atoms with Gasteiger partial charge in [-0.15, -0.1) is 0 Å². The van der Waals surface area contributed by atoms with Crippen LogP contribution in [0.2, 0.25) is 0 Å². The number of unbranched alkanes of at least 4 members (excludes halogenated alkanes) is 10. The number of carbonyl (C=O) groups is 4. The summed E-state index contributed by atoms with van der Waals surface area (Å²) in [7, 11) is 0. The van der Waals surface area contributed by atoms with Gasteiger partial charge in [0.25, 0.3) is 0 Å². The van der Waals surface area contributed by atoms with Gasteiger partial charge in [-0.2, -0.15) is 0 Å². The van der Waals surface area contributed by atoms with Crippen LogP contribution >= 0.6 is 0 Å². The maximum atomic E-state index is 12.3. The number of primary amides is 1. The van der Waals surface area contributed by atoms with Crippen LogP contribution in [0.4, 0.5) is 0 Å². The van der Waals surface area contributed by atoms with E-state index in [0.29, 0.717) is 19.4 Å². The van der Waals surface area contributed by atoms with Crippen molar-refractivity contribution in [3.63, 3.8) is 0 Å². The molecule has 11 nitrogen and oxygen atoms in total. The first-order valence-corrected chi connectivity index (χ1v) is 13.4. The van der Waals surface area contributed by atoms with Crippen molar-refractivity contribution in [2.75, 3.05) is 26.4 Å². The molecule has 0 aliphatic heterocycles. The number of Topliss-reactive ketones (excluding diaryl/α,β-unsaturated/α-hetero) is 1. The first kappa shape index (κ1) is 33.9. The number of nitrogens with two attached hydrogens (primary N) is 2. The molecule has 11 heteroatoms. The summed E-state index contributed by atoms with van der Waals surface area (Å²) in [6.07, 6.45) is 13.4. The van der Waals surface area contributed by atoms with Crippen LogP contribution in [-0.4, -0.2) is 72.2 Å². The Morgan fingerprint density at radius 1 is 0.722 bits per heavy atom. The number of amides is 2. The Hall–Kier alpha value is -2.08. The van der Waals surface area contributed by atoms with Crippen molar-refractivity contribution in [1.29, 1.82) is 0 Å². The number of aliphatic hydroxyl groups excluding tert-OH is 1. The van der Waals surface area contributed by atoms with E-state index in [0.717, 1.165) is 57.8 Å². The van der Waals surface area contributed by atoms with Gasteiger partial charge in [0.15, 0.2) is 5.78 Å². The highest BCUT2D eigenvalue weighted by molar-refractivity contribution is 5.87. The highest BCUT2D eigenvalue weighted by atomic mass is 16.4. The molecule has 0 saturated heterocycles. The number of rotatable bonds is 26. The molecular weight excluding hydrogens is 466 g/mol. The maximum absolute atomic E-state index is 12.3. The van der Waals surface area contributed by atoms with E-state index in [2.05, 4.69) is 16.0 Å². The number of carboxylic acids is 1. The largest absolute Gasteiger partial charge is 0.481 e. The van der Waals surface area contributed by atoms with Gasteiger partial charge >= 0.3 is 5.97 Å². The fourth-order valence-electron chi connectivity index (χ4n) is 3.89. The first-order chi connectivity index (χ1) is 17.3. The molecule has 0 radical (unpaired) electrons. The molecular formula is C25H49N5O6. The number of nitrogens with one attached hydrogen (secondary N) is 3. The van der Waals surface area contributed by atoms with E-state index in [-0.39, 0.29) is 31.3 Å². The monoisotopic (exact) mass is 515 g/mol. The van der Waals surface area contributed by atoms with E-state index in [4.69, 9.17) is 21.7 Å². The van der Waals surface area contributed by atoms with Crippen LogP contribution in [0.3, 0.4) is 0 Å². The summed E-state index contributed by atoms with van der Waals surface area (Å²) in [6.45, 7) is 0.121. The summed E-state index contributed by atoms with van der Waals surface area (Å²) >= 11 is 0. The Bertz CT molecular complexity index is 620.